The molecule has 0 amide bonds. The minimum atomic E-state index is 0.366. The van der Waals surface area contributed by atoms with Gasteiger partial charge >= 0.3 is 0 Å². The Morgan fingerprint density at radius 3 is 1.58 bits per heavy atom. The van der Waals surface area contributed by atoms with Crippen molar-refractivity contribution in [2.45, 2.75) is 92.0 Å². The van der Waals surface area contributed by atoms with Crippen molar-refractivity contribution in [3.8, 4) is 0 Å². The molecule has 24 heavy (non-hydrogen) atoms. The SMILES string of the molecule is CC(C)(C)CCN1CCC(CCC2CCN(C(C)(C)C)CC2)CC1. The second-order valence-corrected chi connectivity index (χ2v) is 10.8. The van der Waals surface area contributed by atoms with Crippen LogP contribution in [0, 0.1) is 17.3 Å². The van der Waals surface area contributed by atoms with Gasteiger partial charge in [0.05, 0.1) is 0 Å². The number of piperidine rings is 2. The molecule has 2 rings (SSSR count). The summed E-state index contributed by atoms with van der Waals surface area (Å²) >= 11 is 0. The molecule has 2 heterocycles. The topological polar surface area (TPSA) is 6.48 Å². The summed E-state index contributed by atoms with van der Waals surface area (Å²) in [6.45, 7) is 20.8. The van der Waals surface area contributed by atoms with Gasteiger partial charge in [-0.15, -0.1) is 0 Å². The zero-order valence-electron chi connectivity index (χ0n) is 17.5. The Bertz CT molecular complexity index is 347. The van der Waals surface area contributed by atoms with E-state index in [1.165, 1.54) is 77.7 Å². The molecule has 0 atom stereocenters. The van der Waals surface area contributed by atoms with Crippen molar-refractivity contribution < 1.29 is 0 Å². The van der Waals surface area contributed by atoms with E-state index < -0.39 is 0 Å². The van der Waals surface area contributed by atoms with E-state index in [2.05, 4.69) is 51.3 Å². The van der Waals surface area contributed by atoms with Gasteiger partial charge in [0.15, 0.2) is 0 Å². The van der Waals surface area contributed by atoms with E-state index in [9.17, 15) is 0 Å². The molecule has 0 aliphatic carbocycles. The van der Waals surface area contributed by atoms with Crippen LogP contribution in [0.2, 0.25) is 0 Å². The number of hydrogen-bond donors (Lipinski definition) is 0. The summed E-state index contributed by atoms with van der Waals surface area (Å²) in [4.78, 5) is 5.39. The van der Waals surface area contributed by atoms with Crippen molar-refractivity contribution in [3.63, 3.8) is 0 Å². The van der Waals surface area contributed by atoms with Crippen LogP contribution in [0.1, 0.15) is 86.5 Å². The predicted octanol–water partition coefficient (Wildman–Crippen LogP) is 5.43. The average Bonchev–Trinajstić information content (AvgIpc) is 2.51. The molecule has 0 aromatic rings. The van der Waals surface area contributed by atoms with Crippen molar-refractivity contribution in [2.24, 2.45) is 17.3 Å². The van der Waals surface area contributed by atoms with E-state index in [1.54, 1.807) is 0 Å². The minimum Gasteiger partial charge on any atom is -0.303 e. The first-order valence-corrected chi connectivity index (χ1v) is 10.6. The predicted molar refractivity (Wildman–Crippen MR) is 107 cm³/mol. The lowest BCUT2D eigenvalue weighted by molar-refractivity contribution is 0.0812. The molecule has 0 saturated carbocycles. The molecular formula is C22H44N2. The van der Waals surface area contributed by atoms with E-state index in [0.717, 1.165) is 11.8 Å². The third-order valence-corrected chi connectivity index (χ3v) is 6.43. The van der Waals surface area contributed by atoms with E-state index in [1.807, 2.05) is 0 Å². The van der Waals surface area contributed by atoms with Gasteiger partial charge in [-0.3, -0.25) is 4.90 Å². The average molecular weight is 337 g/mol. The summed E-state index contributed by atoms with van der Waals surface area (Å²) < 4.78 is 0. The maximum atomic E-state index is 2.71. The van der Waals surface area contributed by atoms with Crippen LogP contribution in [0.5, 0.6) is 0 Å². The van der Waals surface area contributed by atoms with Crippen LogP contribution in [0.4, 0.5) is 0 Å². The van der Waals surface area contributed by atoms with Crippen LogP contribution in [0.3, 0.4) is 0 Å². The first kappa shape index (κ1) is 20.2. The maximum Gasteiger partial charge on any atom is 0.0125 e. The van der Waals surface area contributed by atoms with E-state index in [0.29, 0.717) is 11.0 Å². The molecule has 0 bridgehead atoms. The largest absolute Gasteiger partial charge is 0.303 e. The van der Waals surface area contributed by atoms with Crippen LogP contribution in [-0.2, 0) is 0 Å². The molecule has 2 saturated heterocycles. The van der Waals surface area contributed by atoms with E-state index >= 15 is 0 Å². The lowest BCUT2D eigenvalue weighted by atomic mass is 9.84. The molecule has 2 aliphatic rings. The van der Waals surface area contributed by atoms with E-state index in [4.69, 9.17) is 0 Å². The normalized spacial score (nSPS) is 23.8. The molecule has 0 aromatic heterocycles. The first-order valence-electron chi connectivity index (χ1n) is 10.6. The van der Waals surface area contributed by atoms with Crippen LogP contribution in [-0.4, -0.2) is 48.1 Å². The Morgan fingerprint density at radius 1 is 0.708 bits per heavy atom. The highest BCUT2D eigenvalue weighted by Crippen LogP contribution is 2.30. The standard InChI is InChI=1S/C22H44N2/c1-21(2,3)13-18-23-14-9-19(10-15-23)7-8-20-11-16-24(17-12-20)22(4,5)6/h19-20H,7-18H2,1-6H3. The van der Waals surface area contributed by atoms with Crippen LogP contribution < -0.4 is 0 Å². The number of rotatable bonds is 5. The smallest absolute Gasteiger partial charge is 0.0125 e. The quantitative estimate of drug-likeness (QED) is 0.661. The molecule has 0 radical (unpaired) electrons. The lowest BCUT2D eigenvalue weighted by Gasteiger charge is -2.41. The monoisotopic (exact) mass is 336 g/mol. The van der Waals surface area contributed by atoms with Crippen LogP contribution in [0.15, 0.2) is 0 Å². The Balaban J connectivity index is 1.58. The Kier molecular flexibility index (Phi) is 7.20. The molecule has 0 unspecified atom stereocenters. The van der Waals surface area contributed by atoms with Gasteiger partial charge in [0, 0.05) is 5.54 Å². The first-order chi connectivity index (χ1) is 11.1. The molecule has 0 aromatic carbocycles. The fourth-order valence-corrected chi connectivity index (χ4v) is 4.36. The van der Waals surface area contributed by atoms with Gasteiger partial charge in [-0.05, 0) is 103 Å². The fraction of sp³-hybridized carbons (Fsp3) is 1.00. The van der Waals surface area contributed by atoms with Gasteiger partial charge in [0.2, 0.25) is 0 Å². The second-order valence-electron chi connectivity index (χ2n) is 10.8. The summed E-state index contributed by atoms with van der Waals surface area (Å²) in [5.41, 5.74) is 0.851. The van der Waals surface area contributed by atoms with Gasteiger partial charge in [-0.1, -0.05) is 33.6 Å². The van der Waals surface area contributed by atoms with Crippen molar-refractivity contribution in [3.05, 3.63) is 0 Å². The lowest BCUT2D eigenvalue weighted by Crippen LogP contribution is -2.46. The van der Waals surface area contributed by atoms with Crippen LogP contribution >= 0.6 is 0 Å². The molecule has 2 nitrogen and oxygen atoms in total. The molecule has 142 valence electrons. The highest BCUT2D eigenvalue weighted by atomic mass is 15.2. The van der Waals surface area contributed by atoms with E-state index in [-0.39, 0.29) is 0 Å². The third kappa shape index (κ3) is 7.04. The Hall–Kier alpha value is -0.0800. The molecule has 2 aliphatic heterocycles. The second kappa shape index (κ2) is 8.54. The van der Waals surface area contributed by atoms with Crippen molar-refractivity contribution in [1.29, 1.82) is 0 Å². The summed E-state index contributed by atoms with van der Waals surface area (Å²) in [7, 11) is 0. The fourth-order valence-electron chi connectivity index (χ4n) is 4.36. The zero-order valence-corrected chi connectivity index (χ0v) is 17.5. The zero-order chi connectivity index (χ0) is 17.8. The Labute approximate surface area is 152 Å². The van der Waals surface area contributed by atoms with Gasteiger partial charge in [0.1, 0.15) is 0 Å². The van der Waals surface area contributed by atoms with Gasteiger partial charge in [0.25, 0.3) is 0 Å². The van der Waals surface area contributed by atoms with Crippen molar-refractivity contribution in [1.82, 2.24) is 9.80 Å². The number of hydrogen-bond acceptors (Lipinski definition) is 2. The molecular weight excluding hydrogens is 292 g/mol. The summed E-state index contributed by atoms with van der Waals surface area (Å²) in [6, 6.07) is 0. The third-order valence-electron chi connectivity index (χ3n) is 6.43. The number of nitrogens with zero attached hydrogens (tertiary/aromatic N) is 2. The molecule has 0 spiro atoms. The van der Waals surface area contributed by atoms with Crippen molar-refractivity contribution in [2.75, 3.05) is 32.7 Å². The Morgan fingerprint density at radius 2 is 1.17 bits per heavy atom. The van der Waals surface area contributed by atoms with Gasteiger partial charge < -0.3 is 4.90 Å². The van der Waals surface area contributed by atoms with Gasteiger partial charge in [-0.25, -0.2) is 0 Å². The minimum absolute atomic E-state index is 0.366. The highest BCUT2D eigenvalue weighted by molar-refractivity contribution is 4.82. The summed E-state index contributed by atoms with van der Waals surface area (Å²) in [6.07, 6.45) is 10.1. The number of likely N-dealkylation sites (tertiary alicyclic amines) is 2. The molecule has 2 fully saturated rings. The molecule has 0 N–H and O–H groups in total. The van der Waals surface area contributed by atoms with Gasteiger partial charge in [-0.2, -0.15) is 0 Å². The van der Waals surface area contributed by atoms with Crippen molar-refractivity contribution >= 4 is 0 Å². The maximum absolute atomic E-state index is 2.71. The van der Waals surface area contributed by atoms with Crippen LogP contribution in [0.25, 0.3) is 0 Å². The highest BCUT2D eigenvalue weighted by Gasteiger charge is 2.27. The molecule has 2 heteroatoms. The summed E-state index contributed by atoms with van der Waals surface area (Å²) in [5, 5.41) is 0. The summed E-state index contributed by atoms with van der Waals surface area (Å²) in [5.74, 6) is 2.01.